The Balaban J connectivity index is 1.77. The summed E-state index contributed by atoms with van der Waals surface area (Å²) in [6.45, 7) is 4.81. The smallest absolute Gasteiger partial charge is 0.241 e. The number of aromatic nitrogens is 4. The molecule has 7 nitrogen and oxygen atoms in total. The van der Waals surface area contributed by atoms with Gasteiger partial charge >= 0.3 is 0 Å². The van der Waals surface area contributed by atoms with Gasteiger partial charge in [0.05, 0.1) is 11.7 Å². The Hall–Kier alpha value is -2.28. The third kappa shape index (κ3) is 2.78. The van der Waals surface area contributed by atoms with Crippen molar-refractivity contribution in [2.24, 2.45) is 5.92 Å². The van der Waals surface area contributed by atoms with Gasteiger partial charge in [-0.3, -0.25) is 4.79 Å². The number of anilines is 1. The summed E-state index contributed by atoms with van der Waals surface area (Å²) in [4.78, 5) is 12.3. The average Bonchev–Trinajstić information content (AvgIpc) is 3.07. The van der Waals surface area contributed by atoms with Crippen molar-refractivity contribution in [3.63, 3.8) is 0 Å². The maximum atomic E-state index is 12.3. The fraction of sp³-hybridized carbons (Fsp3) is 0.429. The molecule has 1 aromatic heterocycles. The molecule has 0 aliphatic carbocycles. The Kier molecular flexibility index (Phi) is 3.66. The highest BCUT2D eigenvalue weighted by atomic mass is 16.2. The van der Waals surface area contributed by atoms with Crippen molar-refractivity contribution < 1.29 is 4.79 Å². The molecule has 0 saturated carbocycles. The number of nitrogens with one attached hydrogen (secondary N) is 2. The number of tetrazole rings is 1. The second-order valence-corrected chi connectivity index (χ2v) is 5.38. The molecule has 1 aromatic carbocycles. The molecule has 2 aromatic rings. The van der Waals surface area contributed by atoms with Crippen LogP contribution < -0.4 is 10.6 Å². The highest BCUT2D eigenvalue weighted by Gasteiger charge is 2.29. The molecule has 0 bridgehead atoms. The second-order valence-electron chi connectivity index (χ2n) is 5.38. The summed E-state index contributed by atoms with van der Waals surface area (Å²) in [6, 6.07) is 7.37. The third-order valence-electron chi connectivity index (χ3n) is 3.80. The summed E-state index contributed by atoms with van der Waals surface area (Å²) in [5.41, 5.74) is 1.57. The largest absolute Gasteiger partial charge is 0.325 e. The molecule has 1 aliphatic heterocycles. The van der Waals surface area contributed by atoms with Crippen LogP contribution in [-0.4, -0.2) is 38.7 Å². The van der Waals surface area contributed by atoms with Crippen LogP contribution >= 0.6 is 0 Å². The Morgan fingerprint density at radius 1 is 1.48 bits per heavy atom. The SMILES string of the molecule is Cc1nnnn1-c1cccc(NC(=O)C2NCCC2C)c1. The predicted octanol–water partition coefficient (Wildman–Crippen LogP) is 0.907. The van der Waals surface area contributed by atoms with Gasteiger partial charge in [0.15, 0.2) is 5.82 Å². The van der Waals surface area contributed by atoms with Gasteiger partial charge in [0.25, 0.3) is 0 Å². The van der Waals surface area contributed by atoms with Crippen LogP contribution in [0.2, 0.25) is 0 Å². The van der Waals surface area contributed by atoms with E-state index in [1.807, 2.05) is 31.2 Å². The van der Waals surface area contributed by atoms with Gasteiger partial charge in [-0.1, -0.05) is 13.0 Å². The van der Waals surface area contributed by atoms with E-state index in [0.717, 1.165) is 24.3 Å². The lowest BCUT2D eigenvalue weighted by Crippen LogP contribution is -2.39. The Bertz CT molecular complexity index is 652. The first kappa shape index (κ1) is 13.7. The van der Waals surface area contributed by atoms with E-state index < -0.39 is 0 Å². The topological polar surface area (TPSA) is 84.7 Å². The number of hydrogen-bond donors (Lipinski definition) is 2. The minimum absolute atomic E-state index is 0.00517. The van der Waals surface area contributed by atoms with Crippen molar-refractivity contribution in [1.29, 1.82) is 0 Å². The van der Waals surface area contributed by atoms with Gasteiger partial charge in [0.1, 0.15) is 0 Å². The van der Waals surface area contributed by atoms with Crippen LogP contribution in [0.15, 0.2) is 24.3 Å². The van der Waals surface area contributed by atoms with Gasteiger partial charge in [-0.2, -0.15) is 4.68 Å². The van der Waals surface area contributed by atoms with E-state index in [0.29, 0.717) is 11.7 Å². The highest BCUT2D eigenvalue weighted by molar-refractivity contribution is 5.95. The summed E-state index contributed by atoms with van der Waals surface area (Å²) >= 11 is 0. The zero-order valence-electron chi connectivity index (χ0n) is 12.1. The van der Waals surface area contributed by atoms with Gasteiger partial charge in [0, 0.05) is 5.69 Å². The maximum absolute atomic E-state index is 12.3. The monoisotopic (exact) mass is 286 g/mol. The molecule has 110 valence electrons. The van der Waals surface area contributed by atoms with Crippen LogP contribution in [0, 0.1) is 12.8 Å². The summed E-state index contributed by atoms with van der Waals surface area (Å²) in [7, 11) is 0. The number of benzene rings is 1. The number of aryl methyl sites for hydroxylation is 1. The van der Waals surface area contributed by atoms with Crippen molar-refractivity contribution in [2.75, 3.05) is 11.9 Å². The van der Waals surface area contributed by atoms with E-state index in [1.165, 1.54) is 0 Å². The zero-order chi connectivity index (χ0) is 14.8. The van der Waals surface area contributed by atoms with E-state index in [2.05, 4.69) is 33.1 Å². The van der Waals surface area contributed by atoms with Crippen molar-refractivity contribution in [1.82, 2.24) is 25.5 Å². The molecule has 2 N–H and O–H groups in total. The Morgan fingerprint density at radius 3 is 3.00 bits per heavy atom. The fourth-order valence-electron chi connectivity index (χ4n) is 2.59. The van der Waals surface area contributed by atoms with E-state index in [4.69, 9.17) is 0 Å². The van der Waals surface area contributed by atoms with Crippen LogP contribution in [0.25, 0.3) is 5.69 Å². The summed E-state index contributed by atoms with van der Waals surface area (Å²) in [5.74, 6) is 1.06. The molecule has 0 radical (unpaired) electrons. The molecular weight excluding hydrogens is 268 g/mol. The van der Waals surface area contributed by atoms with E-state index in [9.17, 15) is 4.79 Å². The zero-order valence-corrected chi connectivity index (χ0v) is 12.1. The van der Waals surface area contributed by atoms with Crippen LogP contribution in [0.3, 0.4) is 0 Å². The molecular formula is C14H18N6O. The maximum Gasteiger partial charge on any atom is 0.241 e. The summed E-state index contributed by atoms with van der Waals surface area (Å²) in [6.07, 6.45) is 1.03. The molecule has 2 atom stereocenters. The van der Waals surface area contributed by atoms with Gasteiger partial charge in [-0.05, 0) is 54.4 Å². The molecule has 1 amide bonds. The number of hydrogen-bond acceptors (Lipinski definition) is 5. The van der Waals surface area contributed by atoms with Crippen LogP contribution in [0.1, 0.15) is 19.2 Å². The van der Waals surface area contributed by atoms with Crippen LogP contribution in [0.4, 0.5) is 5.69 Å². The molecule has 7 heteroatoms. The number of carbonyl (C=O) groups is 1. The molecule has 2 heterocycles. The minimum Gasteiger partial charge on any atom is -0.325 e. The molecule has 21 heavy (non-hydrogen) atoms. The normalized spacial score (nSPS) is 21.4. The van der Waals surface area contributed by atoms with Crippen molar-refractivity contribution in [2.45, 2.75) is 26.3 Å². The molecule has 1 saturated heterocycles. The molecule has 0 spiro atoms. The van der Waals surface area contributed by atoms with Crippen LogP contribution in [-0.2, 0) is 4.79 Å². The molecule has 1 fully saturated rings. The number of rotatable bonds is 3. The standard InChI is InChI=1S/C14H18N6O/c1-9-6-7-15-13(9)14(21)16-11-4-3-5-12(8-11)20-10(2)17-18-19-20/h3-5,8-9,13,15H,6-7H2,1-2H3,(H,16,21). The summed E-state index contributed by atoms with van der Waals surface area (Å²) in [5, 5.41) is 17.6. The minimum atomic E-state index is -0.122. The quantitative estimate of drug-likeness (QED) is 0.876. The first-order valence-electron chi connectivity index (χ1n) is 7.05. The lowest BCUT2D eigenvalue weighted by molar-refractivity contribution is -0.118. The number of nitrogens with zero attached hydrogens (tertiary/aromatic N) is 4. The lowest BCUT2D eigenvalue weighted by atomic mass is 10.0. The van der Waals surface area contributed by atoms with Crippen molar-refractivity contribution in [3.8, 4) is 5.69 Å². The molecule has 3 rings (SSSR count). The van der Waals surface area contributed by atoms with Gasteiger partial charge < -0.3 is 10.6 Å². The van der Waals surface area contributed by atoms with Gasteiger partial charge in [-0.15, -0.1) is 5.10 Å². The Labute approximate surface area is 122 Å². The third-order valence-corrected chi connectivity index (χ3v) is 3.80. The first-order valence-corrected chi connectivity index (χ1v) is 7.05. The molecule has 2 unspecified atom stereocenters. The molecule has 1 aliphatic rings. The lowest BCUT2D eigenvalue weighted by Gasteiger charge is -2.15. The van der Waals surface area contributed by atoms with Gasteiger partial charge in [0.2, 0.25) is 5.91 Å². The van der Waals surface area contributed by atoms with E-state index >= 15 is 0 Å². The Morgan fingerprint density at radius 2 is 2.33 bits per heavy atom. The fourth-order valence-corrected chi connectivity index (χ4v) is 2.59. The van der Waals surface area contributed by atoms with Gasteiger partial charge in [-0.25, -0.2) is 0 Å². The van der Waals surface area contributed by atoms with E-state index in [-0.39, 0.29) is 11.9 Å². The van der Waals surface area contributed by atoms with Crippen molar-refractivity contribution in [3.05, 3.63) is 30.1 Å². The predicted molar refractivity (Wildman–Crippen MR) is 78.1 cm³/mol. The number of carbonyl (C=O) groups excluding carboxylic acids is 1. The second kappa shape index (κ2) is 5.61. The number of amides is 1. The van der Waals surface area contributed by atoms with Crippen LogP contribution in [0.5, 0.6) is 0 Å². The highest BCUT2D eigenvalue weighted by Crippen LogP contribution is 2.18. The summed E-state index contributed by atoms with van der Waals surface area (Å²) < 4.78 is 1.63. The first-order chi connectivity index (χ1) is 10.1. The van der Waals surface area contributed by atoms with Crippen molar-refractivity contribution >= 4 is 11.6 Å². The average molecular weight is 286 g/mol. The van der Waals surface area contributed by atoms with E-state index in [1.54, 1.807) is 4.68 Å².